The lowest BCUT2D eigenvalue weighted by Gasteiger charge is -2.19. The zero-order valence-electron chi connectivity index (χ0n) is 19.6. The molecule has 5 heteroatoms. The highest BCUT2D eigenvalue weighted by Crippen LogP contribution is 2.23. The summed E-state index contributed by atoms with van der Waals surface area (Å²) in [6.45, 7) is 6.31. The van der Waals surface area contributed by atoms with E-state index in [-0.39, 0.29) is 23.8 Å². The van der Waals surface area contributed by atoms with E-state index in [1.165, 1.54) is 5.56 Å². The van der Waals surface area contributed by atoms with Gasteiger partial charge in [-0.3, -0.25) is 9.59 Å². The average molecular weight is 453 g/mol. The summed E-state index contributed by atoms with van der Waals surface area (Å²) in [5, 5.41) is 7.86. The van der Waals surface area contributed by atoms with Crippen LogP contribution in [0.2, 0.25) is 0 Å². The van der Waals surface area contributed by atoms with Gasteiger partial charge < -0.3 is 15.4 Å². The molecule has 0 bridgehead atoms. The summed E-state index contributed by atoms with van der Waals surface area (Å²) < 4.78 is 5.63. The Morgan fingerprint density at radius 3 is 2.00 bits per heavy atom. The number of ether oxygens (including phenoxy) is 1. The highest BCUT2D eigenvalue weighted by molar-refractivity contribution is 6.04. The Morgan fingerprint density at radius 1 is 0.735 bits per heavy atom. The van der Waals surface area contributed by atoms with Crippen LogP contribution in [0.3, 0.4) is 0 Å². The summed E-state index contributed by atoms with van der Waals surface area (Å²) in [5.74, 6) is 0.201. The van der Waals surface area contributed by atoms with Crippen molar-refractivity contribution in [3.8, 4) is 5.75 Å². The minimum Gasteiger partial charge on any atom is -0.484 e. The van der Waals surface area contributed by atoms with Crippen LogP contribution < -0.4 is 15.4 Å². The van der Waals surface area contributed by atoms with E-state index >= 15 is 0 Å². The fourth-order valence-electron chi connectivity index (χ4n) is 3.56. The molecule has 0 spiro atoms. The van der Waals surface area contributed by atoms with E-state index in [4.69, 9.17) is 4.74 Å². The molecule has 0 saturated heterocycles. The molecule has 0 aliphatic carbocycles. The SMILES string of the molecule is CC(C)(C)c1ccc(C(=O)Nc2ccc(NC(=O)COc3ccc4ccccc4c3)cc2)cc1. The van der Waals surface area contributed by atoms with Crippen molar-refractivity contribution < 1.29 is 14.3 Å². The van der Waals surface area contributed by atoms with Crippen LogP contribution in [-0.4, -0.2) is 18.4 Å². The molecule has 0 radical (unpaired) electrons. The number of nitrogens with one attached hydrogen (secondary N) is 2. The second kappa shape index (κ2) is 9.79. The van der Waals surface area contributed by atoms with E-state index in [0.717, 1.165) is 10.8 Å². The van der Waals surface area contributed by atoms with Crippen LogP contribution in [0.5, 0.6) is 5.75 Å². The van der Waals surface area contributed by atoms with Gasteiger partial charge in [-0.2, -0.15) is 0 Å². The van der Waals surface area contributed by atoms with Gasteiger partial charge in [-0.25, -0.2) is 0 Å². The smallest absolute Gasteiger partial charge is 0.262 e. The highest BCUT2D eigenvalue weighted by Gasteiger charge is 2.14. The Kier molecular flexibility index (Phi) is 6.64. The van der Waals surface area contributed by atoms with Gasteiger partial charge in [-0.1, -0.05) is 63.2 Å². The average Bonchev–Trinajstić information content (AvgIpc) is 2.83. The van der Waals surface area contributed by atoms with Crippen molar-refractivity contribution in [3.63, 3.8) is 0 Å². The van der Waals surface area contributed by atoms with E-state index in [9.17, 15) is 9.59 Å². The van der Waals surface area contributed by atoms with Gasteiger partial charge in [0.1, 0.15) is 5.75 Å². The van der Waals surface area contributed by atoms with Crippen LogP contribution in [0.1, 0.15) is 36.7 Å². The van der Waals surface area contributed by atoms with Gasteiger partial charge in [-0.05, 0) is 70.3 Å². The maximum absolute atomic E-state index is 12.5. The first-order valence-corrected chi connectivity index (χ1v) is 11.2. The number of fused-ring (bicyclic) bond motifs is 1. The molecule has 4 aromatic carbocycles. The maximum Gasteiger partial charge on any atom is 0.262 e. The lowest BCUT2D eigenvalue weighted by atomic mass is 9.87. The van der Waals surface area contributed by atoms with Crippen LogP contribution in [0.15, 0.2) is 91.0 Å². The number of rotatable bonds is 6. The molecule has 0 saturated carbocycles. The quantitative estimate of drug-likeness (QED) is 0.355. The zero-order chi connectivity index (χ0) is 24.1. The summed E-state index contributed by atoms with van der Waals surface area (Å²) in [6.07, 6.45) is 0. The second-order valence-corrected chi connectivity index (χ2v) is 9.20. The summed E-state index contributed by atoms with van der Waals surface area (Å²) in [4.78, 5) is 24.8. The molecule has 4 rings (SSSR count). The van der Waals surface area contributed by atoms with Crippen LogP contribution in [-0.2, 0) is 10.2 Å². The third-order valence-corrected chi connectivity index (χ3v) is 5.53. The third kappa shape index (κ3) is 5.81. The topological polar surface area (TPSA) is 67.4 Å². The summed E-state index contributed by atoms with van der Waals surface area (Å²) in [6, 6.07) is 28.3. The molecule has 2 amide bonds. The van der Waals surface area contributed by atoms with Crippen molar-refractivity contribution in [1.82, 2.24) is 0 Å². The number of hydrogen-bond donors (Lipinski definition) is 2. The van der Waals surface area contributed by atoms with Crippen LogP contribution in [0.4, 0.5) is 11.4 Å². The summed E-state index contributed by atoms with van der Waals surface area (Å²) >= 11 is 0. The van der Waals surface area contributed by atoms with Gasteiger partial charge in [0.15, 0.2) is 6.61 Å². The molecule has 5 nitrogen and oxygen atoms in total. The Hall–Kier alpha value is -4.12. The van der Waals surface area contributed by atoms with Crippen molar-refractivity contribution in [2.24, 2.45) is 0 Å². The molecule has 0 aromatic heterocycles. The normalized spacial score (nSPS) is 11.1. The fraction of sp³-hybridized carbons (Fsp3) is 0.172. The molecule has 34 heavy (non-hydrogen) atoms. The molecule has 0 unspecified atom stereocenters. The van der Waals surface area contributed by atoms with Crippen LogP contribution >= 0.6 is 0 Å². The lowest BCUT2D eigenvalue weighted by molar-refractivity contribution is -0.118. The Bertz CT molecular complexity index is 1300. The van der Waals surface area contributed by atoms with E-state index in [1.54, 1.807) is 24.3 Å². The van der Waals surface area contributed by atoms with Crippen molar-refractivity contribution in [3.05, 3.63) is 102 Å². The molecule has 2 N–H and O–H groups in total. The Labute approximate surface area is 199 Å². The summed E-state index contributed by atoms with van der Waals surface area (Å²) in [7, 11) is 0. The molecule has 0 aliphatic rings. The number of carbonyl (C=O) groups excluding carboxylic acids is 2. The number of benzene rings is 4. The van der Waals surface area contributed by atoms with Crippen LogP contribution in [0, 0.1) is 0 Å². The monoisotopic (exact) mass is 452 g/mol. The number of anilines is 2. The van der Waals surface area contributed by atoms with Crippen molar-refractivity contribution >= 4 is 34.0 Å². The molecule has 0 heterocycles. The zero-order valence-corrected chi connectivity index (χ0v) is 19.6. The van der Waals surface area contributed by atoms with Crippen molar-refractivity contribution in [2.45, 2.75) is 26.2 Å². The maximum atomic E-state index is 12.5. The fourth-order valence-corrected chi connectivity index (χ4v) is 3.56. The van der Waals surface area contributed by atoms with Gasteiger partial charge in [0.2, 0.25) is 0 Å². The van der Waals surface area contributed by atoms with Gasteiger partial charge in [0, 0.05) is 16.9 Å². The van der Waals surface area contributed by atoms with Gasteiger partial charge in [0.25, 0.3) is 11.8 Å². The molecule has 4 aromatic rings. The minimum atomic E-state index is -0.260. The second-order valence-electron chi connectivity index (χ2n) is 9.20. The Balaban J connectivity index is 1.29. The molecular weight excluding hydrogens is 424 g/mol. The lowest BCUT2D eigenvalue weighted by Crippen LogP contribution is -2.20. The standard InChI is InChI=1S/C29H28N2O3/c1-29(2,3)23-11-8-21(9-12-23)28(33)31-25-15-13-24(14-16-25)30-27(32)19-34-26-17-10-20-6-4-5-7-22(20)18-26/h4-18H,19H2,1-3H3,(H,30,32)(H,31,33). The number of carbonyl (C=O) groups is 2. The Morgan fingerprint density at radius 2 is 1.35 bits per heavy atom. The minimum absolute atomic E-state index is 0.0375. The van der Waals surface area contributed by atoms with Gasteiger partial charge >= 0.3 is 0 Å². The highest BCUT2D eigenvalue weighted by atomic mass is 16.5. The van der Waals surface area contributed by atoms with Crippen molar-refractivity contribution in [1.29, 1.82) is 0 Å². The third-order valence-electron chi connectivity index (χ3n) is 5.53. The van der Waals surface area contributed by atoms with Gasteiger partial charge in [0.05, 0.1) is 0 Å². The first-order chi connectivity index (χ1) is 16.3. The number of amides is 2. The van der Waals surface area contributed by atoms with E-state index in [2.05, 4.69) is 31.4 Å². The summed E-state index contributed by atoms with van der Waals surface area (Å²) in [5.41, 5.74) is 3.08. The molecular formula is C29H28N2O3. The first-order valence-electron chi connectivity index (χ1n) is 11.2. The predicted octanol–water partition coefficient (Wildman–Crippen LogP) is 6.41. The molecule has 0 atom stereocenters. The van der Waals surface area contributed by atoms with E-state index in [0.29, 0.717) is 22.7 Å². The van der Waals surface area contributed by atoms with E-state index in [1.807, 2.05) is 66.7 Å². The molecule has 0 fully saturated rings. The molecule has 172 valence electrons. The predicted molar refractivity (Wildman–Crippen MR) is 138 cm³/mol. The number of hydrogen-bond acceptors (Lipinski definition) is 3. The molecule has 0 aliphatic heterocycles. The largest absolute Gasteiger partial charge is 0.484 e. The first kappa shape index (κ1) is 23.1. The van der Waals surface area contributed by atoms with Gasteiger partial charge in [-0.15, -0.1) is 0 Å². The van der Waals surface area contributed by atoms with Crippen LogP contribution in [0.25, 0.3) is 10.8 Å². The van der Waals surface area contributed by atoms with Crippen molar-refractivity contribution in [2.75, 3.05) is 17.2 Å². The van der Waals surface area contributed by atoms with E-state index < -0.39 is 0 Å².